The van der Waals surface area contributed by atoms with Crippen molar-refractivity contribution in [2.24, 2.45) is 0 Å². The molecule has 1 atom stereocenters. The number of hydrogen-bond donors (Lipinski definition) is 1. The summed E-state index contributed by atoms with van der Waals surface area (Å²) in [6, 6.07) is 0. The summed E-state index contributed by atoms with van der Waals surface area (Å²) in [5, 5.41) is 8.65. The standard InChI is InChI=1S/C14H26FNO3/c1-3-8-12(15)9-6-5-7-10-13(17)16(4-2)11-14(18)19/h12H,3-11H2,1-2H3,(H,18,19). The summed E-state index contributed by atoms with van der Waals surface area (Å²) < 4.78 is 13.2. The van der Waals surface area contributed by atoms with E-state index in [1.165, 1.54) is 4.90 Å². The number of halogens is 1. The number of likely N-dealkylation sites (N-methyl/N-ethyl adjacent to an activating group) is 1. The normalized spacial score (nSPS) is 12.2. The van der Waals surface area contributed by atoms with Crippen LogP contribution in [0.5, 0.6) is 0 Å². The summed E-state index contributed by atoms with van der Waals surface area (Å²) in [6.45, 7) is 3.90. The molecular weight excluding hydrogens is 249 g/mol. The average molecular weight is 275 g/mol. The molecule has 0 saturated carbocycles. The first-order valence-electron chi connectivity index (χ1n) is 7.14. The average Bonchev–Trinajstić information content (AvgIpc) is 2.35. The topological polar surface area (TPSA) is 57.6 Å². The number of amides is 1. The predicted molar refractivity (Wildman–Crippen MR) is 72.8 cm³/mol. The first kappa shape index (κ1) is 17.9. The van der Waals surface area contributed by atoms with Gasteiger partial charge in [0.25, 0.3) is 0 Å². The summed E-state index contributed by atoms with van der Waals surface area (Å²) in [4.78, 5) is 23.6. The first-order valence-corrected chi connectivity index (χ1v) is 7.14. The second kappa shape index (κ2) is 10.8. The van der Waals surface area contributed by atoms with Crippen molar-refractivity contribution >= 4 is 11.9 Å². The van der Waals surface area contributed by atoms with Crippen molar-refractivity contribution in [3.05, 3.63) is 0 Å². The van der Waals surface area contributed by atoms with Gasteiger partial charge in [-0.2, -0.15) is 0 Å². The molecule has 1 amide bonds. The molecule has 0 spiro atoms. The monoisotopic (exact) mass is 275 g/mol. The predicted octanol–water partition coefficient (Wildman–Crippen LogP) is 3.01. The van der Waals surface area contributed by atoms with E-state index in [2.05, 4.69) is 0 Å². The van der Waals surface area contributed by atoms with Gasteiger partial charge in [0.15, 0.2) is 0 Å². The highest BCUT2D eigenvalue weighted by molar-refractivity contribution is 5.81. The fraction of sp³-hybridized carbons (Fsp3) is 0.857. The summed E-state index contributed by atoms with van der Waals surface area (Å²) in [7, 11) is 0. The van der Waals surface area contributed by atoms with Crippen LogP contribution in [-0.4, -0.2) is 41.1 Å². The fourth-order valence-electron chi connectivity index (χ4n) is 1.97. The highest BCUT2D eigenvalue weighted by Gasteiger charge is 2.14. The molecule has 0 bridgehead atoms. The molecule has 112 valence electrons. The fourth-order valence-corrected chi connectivity index (χ4v) is 1.97. The van der Waals surface area contributed by atoms with Crippen LogP contribution in [0.15, 0.2) is 0 Å². The molecule has 0 aliphatic carbocycles. The number of carboxylic acid groups (broad SMARTS) is 1. The zero-order chi connectivity index (χ0) is 14.7. The zero-order valence-electron chi connectivity index (χ0n) is 12.0. The molecule has 0 aliphatic heterocycles. The number of unbranched alkanes of at least 4 members (excludes halogenated alkanes) is 2. The Balaban J connectivity index is 3.69. The quantitative estimate of drug-likeness (QED) is 0.590. The maximum atomic E-state index is 13.2. The molecule has 0 heterocycles. The number of aliphatic carboxylic acids is 1. The van der Waals surface area contributed by atoms with Gasteiger partial charge in [-0.1, -0.05) is 26.2 Å². The number of nitrogens with zero attached hydrogens (tertiary/aromatic N) is 1. The molecule has 0 aromatic heterocycles. The van der Waals surface area contributed by atoms with Crippen LogP contribution >= 0.6 is 0 Å². The van der Waals surface area contributed by atoms with Gasteiger partial charge in [0.1, 0.15) is 12.7 Å². The molecule has 0 aliphatic rings. The zero-order valence-corrected chi connectivity index (χ0v) is 12.0. The Morgan fingerprint density at radius 3 is 2.37 bits per heavy atom. The summed E-state index contributed by atoms with van der Waals surface area (Å²) in [5.41, 5.74) is 0. The minimum Gasteiger partial charge on any atom is -0.480 e. The molecule has 5 heteroatoms. The third-order valence-electron chi connectivity index (χ3n) is 3.07. The van der Waals surface area contributed by atoms with Gasteiger partial charge < -0.3 is 10.0 Å². The molecule has 0 rings (SSSR count). The van der Waals surface area contributed by atoms with E-state index in [4.69, 9.17) is 5.11 Å². The summed E-state index contributed by atoms with van der Waals surface area (Å²) >= 11 is 0. The van der Waals surface area contributed by atoms with Crippen molar-refractivity contribution in [2.75, 3.05) is 13.1 Å². The Bertz CT molecular complexity index is 271. The largest absolute Gasteiger partial charge is 0.480 e. The molecule has 0 aromatic carbocycles. The van der Waals surface area contributed by atoms with E-state index in [1.807, 2.05) is 6.92 Å². The Morgan fingerprint density at radius 1 is 1.16 bits per heavy atom. The number of rotatable bonds is 11. The van der Waals surface area contributed by atoms with Crippen molar-refractivity contribution in [3.63, 3.8) is 0 Å². The van der Waals surface area contributed by atoms with Gasteiger partial charge in [-0.15, -0.1) is 0 Å². The Hall–Kier alpha value is -1.13. The Kier molecular flexibility index (Phi) is 10.1. The smallest absolute Gasteiger partial charge is 0.323 e. The molecule has 1 unspecified atom stereocenters. The van der Waals surface area contributed by atoms with E-state index >= 15 is 0 Å². The first-order chi connectivity index (χ1) is 9.01. The van der Waals surface area contributed by atoms with E-state index in [-0.39, 0.29) is 12.5 Å². The van der Waals surface area contributed by atoms with Crippen LogP contribution in [0.25, 0.3) is 0 Å². The van der Waals surface area contributed by atoms with E-state index in [0.717, 1.165) is 19.3 Å². The van der Waals surface area contributed by atoms with E-state index in [9.17, 15) is 14.0 Å². The second-order valence-corrected chi connectivity index (χ2v) is 4.79. The third kappa shape index (κ3) is 9.45. The lowest BCUT2D eigenvalue weighted by Crippen LogP contribution is -2.35. The van der Waals surface area contributed by atoms with Gasteiger partial charge in [0, 0.05) is 13.0 Å². The van der Waals surface area contributed by atoms with Gasteiger partial charge >= 0.3 is 5.97 Å². The maximum absolute atomic E-state index is 13.2. The van der Waals surface area contributed by atoms with E-state index < -0.39 is 12.1 Å². The van der Waals surface area contributed by atoms with Crippen molar-refractivity contribution < 1.29 is 19.1 Å². The lowest BCUT2D eigenvalue weighted by Gasteiger charge is -2.18. The van der Waals surface area contributed by atoms with Crippen LogP contribution < -0.4 is 0 Å². The van der Waals surface area contributed by atoms with Crippen molar-refractivity contribution in [1.82, 2.24) is 4.90 Å². The number of hydrogen-bond acceptors (Lipinski definition) is 2. The Morgan fingerprint density at radius 2 is 1.84 bits per heavy atom. The minimum atomic E-state index is -0.991. The molecule has 0 radical (unpaired) electrons. The van der Waals surface area contributed by atoms with E-state index in [0.29, 0.717) is 32.2 Å². The minimum absolute atomic E-state index is 0.129. The van der Waals surface area contributed by atoms with Gasteiger partial charge in [-0.05, 0) is 26.2 Å². The SMILES string of the molecule is CCCC(F)CCCCCC(=O)N(CC)CC(=O)O. The molecule has 0 fully saturated rings. The highest BCUT2D eigenvalue weighted by atomic mass is 19.1. The second-order valence-electron chi connectivity index (χ2n) is 4.79. The van der Waals surface area contributed by atoms with Gasteiger partial charge in [-0.3, -0.25) is 9.59 Å². The summed E-state index contributed by atoms with van der Waals surface area (Å²) in [6.07, 6.45) is 3.98. The van der Waals surface area contributed by atoms with Crippen LogP contribution in [0.2, 0.25) is 0 Å². The molecule has 4 nitrogen and oxygen atoms in total. The molecular formula is C14H26FNO3. The van der Waals surface area contributed by atoms with Crippen LogP contribution in [0.3, 0.4) is 0 Å². The van der Waals surface area contributed by atoms with E-state index in [1.54, 1.807) is 6.92 Å². The van der Waals surface area contributed by atoms with Gasteiger partial charge in [0.2, 0.25) is 5.91 Å². The highest BCUT2D eigenvalue weighted by Crippen LogP contribution is 2.13. The molecule has 0 aromatic rings. The molecule has 19 heavy (non-hydrogen) atoms. The number of carboxylic acids is 1. The van der Waals surface area contributed by atoms with Gasteiger partial charge in [-0.25, -0.2) is 4.39 Å². The molecule has 0 saturated heterocycles. The van der Waals surface area contributed by atoms with Crippen LogP contribution in [0, 0.1) is 0 Å². The van der Waals surface area contributed by atoms with Crippen molar-refractivity contribution in [1.29, 1.82) is 0 Å². The lowest BCUT2D eigenvalue weighted by atomic mass is 10.1. The van der Waals surface area contributed by atoms with Crippen molar-refractivity contribution in [3.8, 4) is 0 Å². The lowest BCUT2D eigenvalue weighted by molar-refractivity contribution is -0.144. The van der Waals surface area contributed by atoms with Crippen LogP contribution in [-0.2, 0) is 9.59 Å². The number of alkyl halides is 1. The number of carbonyl (C=O) groups is 2. The third-order valence-corrected chi connectivity index (χ3v) is 3.07. The van der Waals surface area contributed by atoms with Gasteiger partial charge in [0.05, 0.1) is 0 Å². The number of carbonyl (C=O) groups excluding carboxylic acids is 1. The Labute approximate surface area is 115 Å². The summed E-state index contributed by atoms with van der Waals surface area (Å²) in [5.74, 6) is -1.12. The maximum Gasteiger partial charge on any atom is 0.323 e. The van der Waals surface area contributed by atoms with Crippen LogP contribution in [0.4, 0.5) is 4.39 Å². The molecule has 1 N–H and O–H groups in total. The van der Waals surface area contributed by atoms with Crippen LogP contribution in [0.1, 0.15) is 58.8 Å². The van der Waals surface area contributed by atoms with Crippen molar-refractivity contribution in [2.45, 2.75) is 65.0 Å².